The van der Waals surface area contributed by atoms with Crippen LogP contribution < -0.4 is 14.8 Å². The van der Waals surface area contributed by atoms with E-state index in [1.807, 2.05) is 43.9 Å². The van der Waals surface area contributed by atoms with Crippen molar-refractivity contribution in [3.05, 3.63) is 46.6 Å². The first-order valence-electron chi connectivity index (χ1n) is 14.2. The molecule has 2 aliphatic heterocycles. The summed E-state index contributed by atoms with van der Waals surface area (Å²) in [5.41, 5.74) is 2.89. The highest BCUT2D eigenvalue weighted by atomic mass is 32.2. The number of aromatic nitrogens is 1. The third kappa shape index (κ3) is 6.74. The molecule has 3 heterocycles. The van der Waals surface area contributed by atoms with E-state index in [4.69, 9.17) is 4.74 Å². The Balaban J connectivity index is 1.58. The Morgan fingerprint density at radius 3 is 2.54 bits per heavy atom. The molecular weight excluding hydrogens is 512 g/mol. The first-order valence-corrected chi connectivity index (χ1v) is 15.7. The van der Waals surface area contributed by atoms with Crippen molar-refractivity contribution in [3.63, 3.8) is 0 Å². The summed E-state index contributed by atoms with van der Waals surface area (Å²) in [7, 11) is -3.98. The van der Waals surface area contributed by atoms with Gasteiger partial charge < -0.3 is 15.0 Å². The number of piperidine rings is 1. The predicted octanol–water partition coefficient (Wildman–Crippen LogP) is 4.91. The molecule has 0 saturated carbocycles. The molecule has 1 unspecified atom stereocenters. The Bertz CT molecular complexity index is 1290. The van der Waals surface area contributed by atoms with Crippen molar-refractivity contribution >= 4 is 21.7 Å². The molecule has 4 rings (SSSR count). The average Bonchev–Trinajstić information content (AvgIpc) is 2.89. The number of sulfonamides is 1. The second kappa shape index (κ2) is 11.8. The van der Waals surface area contributed by atoms with Crippen LogP contribution in [0.15, 0.2) is 29.3 Å². The third-order valence-electron chi connectivity index (χ3n) is 8.27. The van der Waals surface area contributed by atoms with Crippen LogP contribution in [0.4, 0.5) is 5.82 Å². The molecule has 1 aromatic carbocycles. The Hall–Kier alpha value is -2.65. The summed E-state index contributed by atoms with van der Waals surface area (Å²) >= 11 is 0. The minimum absolute atomic E-state index is 0.140. The molecule has 0 radical (unpaired) electrons. The van der Waals surface area contributed by atoms with E-state index in [1.54, 1.807) is 6.20 Å². The van der Waals surface area contributed by atoms with Gasteiger partial charge in [-0.1, -0.05) is 13.0 Å². The smallest absolute Gasteiger partial charge is 0.241 e. The lowest BCUT2D eigenvalue weighted by atomic mass is 9.88. The monoisotopic (exact) mass is 556 g/mol. The number of ether oxygens (including phenoxy) is 1. The predicted molar refractivity (Wildman–Crippen MR) is 155 cm³/mol. The molecule has 0 aliphatic carbocycles. The van der Waals surface area contributed by atoms with E-state index >= 15 is 0 Å². The van der Waals surface area contributed by atoms with Crippen molar-refractivity contribution in [2.24, 2.45) is 5.92 Å². The maximum atomic E-state index is 14.0. The lowest BCUT2D eigenvalue weighted by Crippen LogP contribution is -2.50. The number of nitrogens with one attached hydrogen (secondary N) is 2. The third-order valence-corrected chi connectivity index (χ3v) is 10.0. The summed E-state index contributed by atoms with van der Waals surface area (Å²) in [6.07, 6.45) is 6.17. The van der Waals surface area contributed by atoms with Crippen molar-refractivity contribution < 1.29 is 17.9 Å². The van der Waals surface area contributed by atoms with Crippen molar-refractivity contribution in [3.8, 4) is 5.75 Å². The zero-order chi connectivity index (χ0) is 28.4. The Morgan fingerprint density at radius 2 is 1.87 bits per heavy atom. The van der Waals surface area contributed by atoms with Gasteiger partial charge in [0.2, 0.25) is 15.9 Å². The Labute approximate surface area is 234 Å². The molecule has 2 aliphatic rings. The second-order valence-corrected chi connectivity index (χ2v) is 13.5. The van der Waals surface area contributed by atoms with Gasteiger partial charge in [0.1, 0.15) is 23.2 Å². The highest BCUT2D eigenvalue weighted by molar-refractivity contribution is 7.89. The van der Waals surface area contributed by atoms with Crippen LogP contribution in [0.5, 0.6) is 5.75 Å². The molecule has 1 saturated heterocycles. The van der Waals surface area contributed by atoms with E-state index in [9.17, 15) is 13.2 Å². The Kier molecular flexibility index (Phi) is 8.91. The molecular formula is C30H44N4O4S. The second-order valence-electron chi connectivity index (χ2n) is 11.8. The number of hydrogen-bond donors (Lipinski definition) is 2. The van der Waals surface area contributed by atoms with Gasteiger partial charge >= 0.3 is 0 Å². The van der Waals surface area contributed by atoms with E-state index in [0.717, 1.165) is 48.4 Å². The van der Waals surface area contributed by atoms with Crippen LogP contribution in [0.25, 0.3) is 0 Å². The van der Waals surface area contributed by atoms with Crippen molar-refractivity contribution in [2.45, 2.75) is 96.6 Å². The maximum Gasteiger partial charge on any atom is 0.241 e. The van der Waals surface area contributed by atoms with Gasteiger partial charge in [-0.3, -0.25) is 4.79 Å². The van der Waals surface area contributed by atoms with E-state index in [-0.39, 0.29) is 16.4 Å². The molecule has 0 spiro atoms. The van der Waals surface area contributed by atoms with Crippen LogP contribution in [0.2, 0.25) is 0 Å². The number of hydrogen-bond acceptors (Lipinski definition) is 6. The lowest BCUT2D eigenvalue weighted by molar-refractivity contribution is -0.134. The quantitative estimate of drug-likeness (QED) is 0.426. The van der Waals surface area contributed by atoms with E-state index in [2.05, 4.69) is 35.8 Å². The normalized spacial score (nSPS) is 18.3. The summed E-state index contributed by atoms with van der Waals surface area (Å²) in [6, 6.07) is 4.81. The van der Waals surface area contributed by atoms with Crippen molar-refractivity contribution in [1.29, 1.82) is 0 Å². The van der Waals surface area contributed by atoms with Gasteiger partial charge in [0.05, 0.1) is 4.90 Å². The lowest BCUT2D eigenvalue weighted by Gasteiger charge is -2.36. The SMILES string of the molecule is Cc1c(C)c(S(=O)(=O)NC(CCCNc2ccccn2)C(=O)N2CCC(C)CC2)c(C)c2c1OC(C)(C)CC2. The fourth-order valence-corrected chi connectivity index (χ4v) is 7.46. The number of rotatable bonds is 9. The molecule has 8 nitrogen and oxygen atoms in total. The Morgan fingerprint density at radius 1 is 1.15 bits per heavy atom. The molecule has 2 aromatic rings. The molecule has 0 bridgehead atoms. The van der Waals surface area contributed by atoms with Gasteiger partial charge in [-0.2, -0.15) is 4.72 Å². The summed E-state index contributed by atoms with van der Waals surface area (Å²) in [5, 5.41) is 3.26. The number of anilines is 1. The van der Waals surface area contributed by atoms with Crippen molar-refractivity contribution in [2.75, 3.05) is 25.0 Å². The van der Waals surface area contributed by atoms with Gasteiger partial charge in [-0.15, -0.1) is 0 Å². The molecule has 1 amide bonds. The highest BCUT2D eigenvalue weighted by Crippen LogP contribution is 2.42. The molecule has 2 N–H and O–H groups in total. The fourth-order valence-electron chi connectivity index (χ4n) is 5.67. The minimum atomic E-state index is -3.98. The molecule has 1 fully saturated rings. The number of fused-ring (bicyclic) bond motifs is 1. The minimum Gasteiger partial charge on any atom is -0.487 e. The van der Waals surface area contributed by atoms with Crippen LogP contribution in [-0.4, -0.2) is 55.5 Å². The van der Waals surface area contributed by atoms with E-state index < -0.39 is 16.1 Å². The highest BCUT2D eigenvalue weighted by Gasteiger charge is 2.36. The van der Waals surface area contributed by atoms with Crippen LogP contribution in [0.1, 0.15) is 75.1 Å². The van der Waals surface area contributed by atoms with Crippen LogP contribution >= 0.6 is 0 Å². The number of carbonyl (C=O) groups excluding carboxylic acids is 1. The van der Waals surface area contributed by atoms with Crippen LogP contribution in [0.3, 0.4) is 0 Å². The largest absolute Gasteiger partial charge is 0.487 e. The zero-order valence-corrected chi connectivity index (χ0v) is 25.1. The van der Waals surface area contributed by atoms with E-state index in [1.165, 1.54) is 0 Å². The topological polar surface area (TPSA) is 101 Å². The molecule has 9 heteroatoms. The summed E-state index contributed by atoms with van der Waals surface area (Å²) in [6.45, 7) is 13.8. The first kappa shape index (κ1) is 29.3. The maximum absolute atomic E-state index is 14.0. The molecule has 1 atom stereocenters. The molecule has 39 heavy (non-hydrogen) atoms. The van der Waals surface area contributed by atoms with Crippen LogP contribution in [-0.2, 0) is 21.2 Å². The zero-order valence-electron chi connectivity index (χ0n) is 24.3. The number of nitrogens with zero attached hydrogens (tertiary/aromatic N) is 2. The van der Waals surface area contributed by atoms with Crippen LogP contribution in [0, 0.1) is 26.7 Å². The summed E-state index contributed by atoms with van der Waals surface area (Å²) in [4.78, 5) is 20.0. The van der Waals surface area contributed by atoms with Gasteiger partial charge in [0.15, 0.2) is 0 Å². The average molecular weight is 557 g/mol. The van der Waals surface area contributed by atoms with Gasteiger partial charge in [-0.25, -0.2) is 13.4 Å². The summed E-state index contributed by atoms with van der Waals surface area (Å²) in [5.74, 6) is 1.99. The number of amides is 1. The van der Waals surface area contributed by atoms with E-state index in [0.29, 0.717) is 49.5 Å². The molecule has 1 aromatic heterocycles. The van der Waals surface area contributed by atoms with Gasteiger partial charge in [0.25, 0.3) is 0 Å². The van der Waals surface area contributed by atoms with Gasteiger partial charge in [-0.05, 0) is 113 Å². The van der Waals surface area contributed by atoms with Gasteiger partial charge in [0, 0.05) is 25.8 Å². The molecule has 214 valence electrons. The summed E-state index contributed by atoms with van der Waals surface area (Å²) < 4.78 is 37.1. The van der Waals surface area contributed by atoms with Crippen molar-refractivity contribution in [1.82, 2.24) is 14.6 Å². The number of carbonyl (C=O) groups is 1. The standard InChI is InChI=1S/C30H44N4O4S/c1-20-13-18-34(19-14-20)29(35)25(10-9-17-32-26-11-7-8-16-31-26)33-39(36,37)28-22(3)21(2)27-24(23(28)4)12-15-30(5,6)38-27/h7-8,11,16,20,25,33H,9-10,12-15,17-19H2,1-6H3,(H,31,32). The number of likely N-dealkylation sites (tertiary alicyclic amines) is 1. The number of pyridine rings is 1. The number of benzene rings is 1. The first-order chi connectivity index (χ1) is 18.4. The fraction of sp³-hybridized carbons (Fsp3) is 0.600.